The van der Waals surface area contributed by atoms with E-state index < -0.39 is 0 Å². The first kappa shape index (κ1) is 13.2. The molecule has 1 N–H and O–H groups in total. The fourth-order valence-corrected chi connectivity index (χ4v) is 2.28. The highest BCUT2D eigenvalue weighted by Crippen LogP contribution is 2.22. The Morgan fingerprint density at radius 2 is 1.81 bits per heavy atom. The van der Waals surface area contributed by atoms with E-state index in [0.29, 0.717) is 12.1 Å². The number of amides is 1. The molecule has 1 aliphatic rings. The molecule has 16 heavy (non-hydrogen) atoms. The third-order valence-electron chi connectivity index (χ3n) is 3.41. The van der Waals surface area contributed by atoms with Gasteiger partial charge in [-0.3, -0.25) is 4.79 Å². The number of rotatable bonds is 3. The lowest BCUT2D eigenvalue weighted by molar-refractivity contribution is -0.127. The van der Waals surface area contributed by atoms with E-state index in [1.54, 1.807) is 6.08 Å². The molecule has 1 amide bonds. The van der Waals surface area contributed by atoms with Gasteiger partial charge in [0.1, 0.15) is 0 Å². The number of nitrogens with zero attached hydrogens (tertiary/aromatic N) is 1. The van der Waals surface area contributed by atoms with Gasteiger partial charge in [-0.2, -0.15) is 0 Å². The maximum absolute atomic E-state index is 11.8. The average Bonchev–Trinajstić information content (AvgIpc) is 2.27. The molecule has 1 aliphatic carbocycles. The minimum absolute atomic E-state index is 0.146. The van der Waals surface area contributed by atoms with Gasteiger partial charge in [0.25, 0.3) is 0 Å². The van der Waals surface area contributed by atoms with Crippen molar-refractivity contribution in [2.24, 2.45) is 0 Å². The number of hydrogen-bond acceptors (Lipinski definition) is 2. The predicted molar refractivity (Wildman–Crippen MR) is 67.3 cm³/mol. The van der Waals surface area contributed by atoms with Gasteiger partial charge in [0, 0.05) is 25.2 Å². The fraction of sp³-hybridized carbons (Fsp3) is 0.769. The largest absolute Gasteiger partial charge is 0.339 e. The summed E-state index contributed by atoms with van der Waals surface area (Å²) in [4.78, 5) is 13.7. The lowest BCUT2D eigenvalue weighted by atomic mass is 9.90. The molecule has 1 rings (SSSR count). The summed E-state index contributed by atoms with van der Waals surface area (Å²) in [6.45, 7) is 3.92. The van der Waals surface area contributed by atoms with Crippen molar-refractivity contribution in [2.45, 2.75) is 51.6 Å². The SMILES string of the molecule is CNC1CCC(N(C)C(=O)C=C(C)C)CC1. The minimum atomic E-state index is 0.146. The number of likely N-dealkylation sites (N-methyl/N-ethyl adjacent to an activating group) is 1. The Hall–Kier alpha value is -0.830. The number of carbonyl (C=O) groups excluding carboxylic acids is 1. The van der Waals surface area contributed by atoms with Crippen LogP contribution in [0, 0.1) is 0 Å². The lowest BCUT2D eigenvalue weighted by Crippen LogP contribution is -2.42. The van der Waals surface area contributed by atoms with Gasteiger partial charge in [-0.1, -0.05) is 5.57 Å². The lowest BCUT2D eigenvalue weighted by Gasteiger charge is -2.34. The van der Waals surface area contributed by atoms with E-state index in [0.717, 1.165) is 18.4 Å². The van der Waals surface area contributed by atoms with Crippen LogP contribution in [0.3, 0.4) is 0 Å². The van der Waals surface area contributed by atoms with Gasteiger partial charge in [-0.05, 0) is 46.6 Å². The van der Waals surface area contributed by atoms with Gasteiger partial charge >= 0.3 is 0 Å². The smallest absolute Gasteiger partial charge is 0.246 e. The summed E-state index contributed by atoms with van der Waals surface area (Å²) < 4.78 is 0. The van der Waals surface area contributed by atoms with Crippen molar-refractivity contribution in [3.8, 4) is 0 Å². The van der Waals surface area contributed by atoms with Crippen molar-refractivity contribution in [3.05, 3.63) is 11.6 Å². The Morgan fingerprint density at radius 3 is 2.25 bits per heavy atom. The van der Waals surface area contributed by atoms with Crippen molar-refractivity contribution in [3.63, 3.8) is 0 Å². The molecule has 0 unspecified atom stereocenters. The second-order valence-corrected chi connectivity index (χ2v) is 4.96. The summed E-state index contributed by atoms with van der Waals surface area (Å²) in [5.41, 5.74) is 1.07. The first-order valence-corrected chi connectivity index (χ1v) is 6.13. The summed E-state index contributed by atoms with van der Waals surface area (Å²) in [6.07, 6.45) is 6.31. The van der Waals surface area contributed by atoms with Crippen LogP contribution < -0.4 is 5.32 Å². The Bertz CT molecular complexity index is 261. The third kappa shape index (κ3) is 3.63. The zero-order chi connectivity index (χ0) is 12.1. The monoisotopic (exact) mass is 224 g/mol. The Morgan fingerprint density at radius 1 is 1.25 bits per heavy atom. The van der Waals surface area contributed by atoms with Crippen LogP contribution in [0.15, 0.2) is 11.6 Å². The van der Waals surface area contributed by atoms with E-state index >= 15 is 0 Å². The number of nitrogens with one attached hydrogen (secondary N) is 1. The molecule has 0 aromatic carbocycles. The molecule has 3 heteroatoms. The van der Waals surface area contributed by atoms with E-state index in [-0.39, 0.29) is 5.91 Å². The van der Waals surface area contributed by atoms with E-state index in [9.17, 15) is 4.79 Å². The molecule has 0 heterocycles. The highest BCUT2D eigenvalue weighted by atomic mass is 16.2. The molecule has 0 aliphatic heterocycles. The molecule has 0 aromatic rings. The topological polar surface area (TPSA) is 32.3 Å². The van der Waals surface area contributed by atoms with Crippen molar-refractivity contribution >= 4 is 5.91 Å². The summed E-state index contributed by atoms with van der Waals surface area (Å²) in [5.74, 6) is 0.146. The van der Waals surface area contributed by atoms with Crippen LogP contribution in [0.1, 0.15) is 39.5 Å². The second-order valence-electron chi connectivity index (χ2n) is 4.96. The zero-order valence-corrected chi connectivity index (χ0v) is 10.9. The summed E-state index contributed by atoms with van der Waals surface area (Å²) in [5, 5.41) is 3.31. The van der Waals surface area contributed by atoms with Gasteiger partial charge in [-0.25, -0.2) is 0 Å². The fourth-order valence-electron chi connectivity index (χ4n) is 2.28. The molecular weight excluding hydrogens is 200 g/mol. The molecular formula is C13H24N2O. The highest BCUT2D eigenvalue weighted by Gasteiger charge is 2.24. The standard InChI is InChI=1S/C13H24N2O/c1-10(2)9-13(16)15(4)12-7-5-11(14-3)6-8-12/h9,11-12,14H,5-8H2,1-4H3. The van der Waals surface area contributed by atoms with Crippen LogP contribution >= 0.6 is 0 Å². The van der Waals surface area contributed by atoms with Crippen molar-refractivity contribution in [1.29, 1.82) is 0 Å². The predicted octanol–water partition coefficient (Wildman–Crippen LogP) is 1.94. The van der Waals surface area contributed by atoms with Gasteiger partial charge in [0.05, 0.1) is 0 Å². The Labute approximate surface area is 98.9 Å². The van der Waals surface area contributed by atoms with Crippen LogP contribution in [0.4, 0.5) is 0 Å². The molecule has 0 atom stereocenters. The van der Waals surface area contributed by atoms with Crippen LogP contribution in [-0.2, 0) is 4.79 Å². The molecule has 3 nitrogen and oxygen atoms in total. The molecule has 0 spiro atoms. The van der Waals surface area contributed by atoms with Crippen LogP contribution in [-0.4, -0.2) is 37.0 Å². The average molecular weight is 224 g/mol. The molecule has 1 saturated carbocycles. The van der Waals surface area contributed by atoms with Gasteiger partial charge in [-0.15, -0.1) is 0 Å². The Kier molecular flexibility index (Phi) is 5.00. The number of hydrogen-bond donors (Lipinski definition) is 1. The van der Waals surface area contributed by atoms with Crippen LogP contribution in [0.2, 0.25) is 0 Å². The highest BCUT2D eigenvalue weighted by molar-refractivity contribution is 5.88. The number of allylic oxidation sites excluding steroid dienone is 1. The van der Waals surface area contributed by atoms with E-state index in [4.69, 9.17) is 0 Å². The first-order chi connectivity index (χ1) is 7.54. The molecule has 1 fully saturated rings. The van der Waals surface area contributed by atoms with E-state index in [1.807, 2.05) is 32.8 Å². The van der Waals surface area contributed by atoms with E-state index in [2.05, 4.69) is 5.32 Å². The van der Waals surface area contributed by atoms with E-state index in [1.165, 1.54) is 12.8 Å². The van der Waals surface area contributed by atoms with Gasteiger partial charge in [0.15, 0.2) is 0 Å². The second kappa shape index (κ2) is 6.04. The minimum Gasteiger partial charge on any atom is -0.339 e. The third-order valence-corrected chi connectivity index (χ3v) is 3.41. The van der Waals surface area contributed by atoms with Gasteiger partial charge < -0.3 is 10.2 Å². The van der Waals surface area contributed by atoms with Crippen molar-refractivity contribution in [2.75, 3.05) is 14.1 Å². The van der Waals surface area contributed by atoms with Crippen LogP contribution in [0.25, 0.3) is 0 Å². The molecule has 0 radical (unpaired) electrons. The zero-order valence-electron chi connectivity index (χ0n) is 10.9. The van der Waals surface area contributed by atoms with Crippen molar-refractivity contribution < 1.29 is 4.79 Å². The van der Waals surface area contributed by atoms with Crippen molar-refractivity contribution in [1.82, 2.24) is 10.2 Å². The Balaban J connectivity index is 2.47. The first-order valence-electron chi connectivity index (χ1n) is 6.13. The normalized spacial score (nSPS) is 25.0. The summed E-state index contributed by atoms with van der Waals surface area (Å²) >= 11 is 0. The van der Waals surface area contributed by atoms with Gasteiger partial charge in [0.2, 0.25) is 5.91 Å². The molecule has 0 bridgehead atoms. The maximum atomic E-state index is 11.8. The summed E-state index contributed by atoms with van der Waals surface area (Å²) in [6, 6.07) is 1.07. The molecule has 0 aromatic heterocycles. The van der Waals surface area contributed by atoms with Crippen LogP contribution in [0.5, 0.6) is 0 Å². The molecule has 0 saturated heterocycles. The quantitative estimate of drug-likeness (QED) is 0.743. The maximum Gasteiger partial charge on any atom is 0.246 e. The molecule has 92 valence electrons. The number of carbonyl (C=O) groups is 1. The summed E-state index contributed by atoms with van der Waals surface area (Å²) in [7, 11) is 3.94.